The highest BCUT2D eigenvalue weighted by molar-refractivity contribution is 9.10. The van der Waals surface area contributed by atoms with Gasteiger partial charge in [-0.2, -0.15) is 0 Å². The van der Waals surface area contributed by atoms with E-state index in [0.29, 0.717) is 0 Å². The van der Waals surface area contributed by atoms with Crippen molar-refractivity contribution in [2.45, 2.75) is 6.92 Å². The molecule has 0 aliphatic carbocycles. The average Bonchev–Trinajstić information content (AvgIpc) is 2.08. The molecule has 1 aromatic rings. The maximum atomic E-state index is 3.50. The number of halogens is 1. The number of hydrogen-bond acceptors (Lipinski definition) is 2. The first kappa shape index (κ1) is 9.99. The van der Waals surface area contributed by atoms with Crippen LogP contribution < -0.4 is 10.6 Å². The van der Waals surface area contributed by atoms with Gasteiger partial charge in [0, 0.05) is 35.7 Å². The smallest absolute Gasteiger partial charge is 0.0343 e. The van der Waals surface area contributed by atoms with Crippen LogP contribution in [0.4, 0.5) is 5.69 Å². The fraction of sp³-hybridized carbons (Fsp3) is 0.455. The molecule has 3 heteroatoms. The summed E-state index contributed by atoms with van der Waals surface area (Å²) in [5.74, 6) is 0.805. The minimum Gasteiger partial charge on any atom is -0.385 e. The second-order valence-electron chi connectivity index (χ2n) is 3.87. The van der Waals surface area contributed by atoms with Gasteiger partial charge in [-0.05, 0) is 30.7 Å². The minimum atomic E-state index is 0.805. The summed E-state index contributed by atoms with van der Waals surface area (Å²) in [4.78, 5) is 0. The predicted octanol–water partition coefficient (Wildman–Crippen LogP) is 2.39. The van der Waals surface area contributed by atoms with E-state index in [9.17, 15) is 0 Å². The highest BCUT2D eigenvalue weighted by atomic mass is 79.9. The quantitative estimate of drug-likeness (QED) is 0.866. The summed E-state index contributed by atoms with van der Waals surface area (Å²) in [6.07, 6.45) is 0. The topological polar surface area (TPSA) is 24.1 Å². The second kappa shape index (κ2) is 4.32. The number of anilines is 1. The molecule has 1 fully saturated rings. The van der Waals surface area contributed by atoms with Gasteiger partial charge in [-0.15, -0.1) is 0 Å². The molecule has 2 rings (SSSR count). The van der Waals surface area contributed by atoms with Gasteiger partial charge in [-0.3, -0.25) is 0 Å². The van der Waals surface area contributed by atoms with Gasteiger partial charge in [0.2, 0.25) is 0 Å². The average molecular weight is 255 g/mol. The Hall–Kier alpha value is -0.540. The Bertz CT molecular complexity index is 321. The molecule has 1 aliphatic rings. The van der Waals surface area contributed by atoms with Crippen molar-refractivity contribution in [3.05, 3.63) is 28.2 Å². The van der Waals surface area contributed by atoms with Crippen LogP contribution in [0.5, 0.6) is 0 Å². The van der Waals surface area contributed by atoms with Gasteiger partial charge in [0.1, 0.15) is 0 Å². The van der Waals surface area contributed by atoms with E-state index >= 15 is 0 Å². The summed E-state index contributed by atoms with van der Waals surface area (Å²) in [5, 5.41) is 6.72. The second-order valence-corrected chi connectivity index (χ2v) is 4.72. The monoisotopic (exact) mass is 254 g/mol. The lowest BCUT2D eigenvalue weighted by molar-refractivity contribution is 0.365. The zero-order valence-corrected chi connectivity index (χ0v) is 9.89. The van der Waals surface area contributed by atoms with Crippen LogP contribution in [0.2, 0.25) is 0 Å². The van der Waals surface area contributed by atoms with Crippen molar-refractivity contribution in [1.29, 1.82) is 0 Å². The van der Waals surface area contributed by atoms with Gasteiger partial charge in [-0.25, -0.2) is 0 Å². The van der Waals surface area contributed by atoms with Crippen LogP contribution in [0.3, 0.4) is 0 Å². The van der Waals surface area contributed by atoms with Crippen molar-refractivity contribution in [3.8, 4) is 0 Å². The van der Waals surface area contributed by atoms with E-state index in [1.807, 2.05) is 0 Å². The molecule has 0 spiro atoms. The van der Waals surface area contributed by atoms with E-state index in [0.717, 1.165) is 25.6 Å². The van der Waals surface area contributed by atoms with Crippen molar-refractivity contribution < 1.29 is 0 Å². The van der Waals surface area contributed by atoms with Crippen LogP contribution >= 0.6 is 15.9 Å². The van der Waals surface area contributed by atoms with E-state index < -0.39 is 0 Å². The third kappa shape index (κ3) is 2.28. The standard InChI is InChI=1S/C11H15BrN2/c1-8-4-10(2-3-11(8)12)14-7-9-5-13-6-9/h2-4,9,13-14H,5-7H2,1H3. The Labute approximate surface area is 93.2 Å². The predicted molar refractivity (Wildman–Crippen MR) is 63.7 cm³/mol. The van der Waals surface area contributed by atoms with Crippen LogP contribution in [-0.4, -0.2) is 19.6 Å². The van der Waals surface area contributed by atoms with Crippen molar-refractivity contribution >= 4 is 21.6 Å². The summed E-state index contributed by atoms with van der Waals surface area (Å²) < 4.78 is 1.17. The van der Waals surface area contributed by atoms with Gasteiger partial charge in [0.15, 0.2) is 0 Å². The van der Waals surface area contributed by atoms with Gasteiger partial charge >= 0.3 is 0 Å². The number of nitrogens with one attached hydrogen (secondary N) is 2. The fourth-order valence-corrected chi connectivity index (χ4v) is 1.76. The molecular weight excluding hydrogens is 240 g/mol. The van der Waals surface area contributed by atoms with Crippen molar-refractivity contribution in [1.82, 2.24) is 5.32 Å². The molecular formula is C11H15BrN2. The normalized spacial score (nSPS) is 16.4. The van der Waals surface area contributed by atoms with Crippen LogP contribution in [0, 0.1) is 12.8 Å². The summed E-state index contributed by atoms with van der Waals surface area (Å²) in [6, 6.07) is 6.38. The Morgan fingerprint density at radius 3 is 2.86 bits per heavy atom. The lowest BCUT2D eigenvalue weighted by Crippen LogP contribution is -2.45. The molecule has 0 atom stereocenters. The first-order valence-corrected chi connectivity index (χ1v) is 5.76. The molecule has 0 saturated carbocycles. The van der Waals surface area contributed by atoms with E-state index in [1.165, 1.54) is 15.7 Å². The van der Waals surface area contributed by atoms with Gasteiger partial charge in [0.05, 0.1) is 0 Å². The summed E-state index contributed by atoms with van der Waals surface area (Å²) in [6.45, 7) is 5.50. The molecule has 0 unspecified atom stereocenters. The summed E-state index contributed by atoms with van der Waals surface area (Å²) in [5.41, 5.74) is 2.50. The van der Waals surface area contributed by atoms with E-state index in [4.69, 9.17) is 0 Å². The zero-order chi connectivity index (χ0) is 9.97. The Morgan fingerprint density at radius 1 is 1.50 bits per heavy atom. The number of benzene rings is 1. The summed E-state index contributed by atoms with van der Waals surface area (Å²) >= 11 is 3.50. The summed E-state index contributed by atoms with van der Waals surface area (Å²) in [7, 11) is 0. The fourth-order valence-electron chi connectivity index (χ4n) is 1.51. The molecule has 2 N–H and O–H groups in total. The zero-order valence-electron chi connectivity index (χ0n) is 8.31. The van der Waals surface area contributed by atoms with Gasteiger partial charge in [-0.1, -0.05) is 15.9 Å². The molecule has 0 radical (unpaired) electrons. The first-order chi connectivity index (χ1) is 6.75. The first-order valence-electron chi connectivity index (χ1n) is 4.96. The molecule has 76 valence electrons. The molecule has 0 bridgehead atoms. The molecule has 2 nitrogen and oxygen atoms in total. The SMILES string of the molecule is Cc1cc(NCC2CNC2)ccc1Br. The Balaban J connectivity index is 1.91. The highest BCUT2D eigenvalue weighted by Crippen LogP contribution is 2.20. The molecule has 0 amide bonds. The van der Waals surface area contributed by atoms with Gasteiger partial charge in [0.25, 0.3) is 0 Å². The van der Waals surface area contributed by atoms with Crippen molar-refractivity contribution in [2.75, 3.05) is 25.0 Å². The molecule has 0 aromatic heterocycles. The number of hydrogen-bond donors (Lipinski definition) is 2. The third-order valence-corrected chi connectivity index (χ3v) is 3.51. The van der Waals surface area contributed by atoms with Crippen LogP contribution in [0.25, 0.3) is 0 Å². The Morgan fingerprint density at radius 2 is 2.29 bits per heavy atom. The van der Waals surface area contributed by atoms with Crippen molar-refractivity contribution in [3.63, 3.8) is 0 Å². The third-order valence-electron chi connectivity index (χ3n) is 2.62. The number of aryl methyl sites for hydroxylation is 1. The van der Waals surface area contributed by atoms with E-state index in [-0.39, 0.29) is 0 Å². The van der Waals surface area contributed by atoms with Crippen LogP contribution in [0.1, 0.15) is 5.56 Å². The lowest BCUT2D eigenvalue weighted by Gasteiger charge is -2.27. The van der Waals surface area contributed by atoms with Crippen LogP contribution in [0.15, 0.2) is 22.7 Å². The van der Waals surface area contributed by atoms with Crippen LogP contribution in [-0.2, 0) is 0 Å². The molecule has 1 saturated heterocycles. The molecule has 14 heavy (non-hydrogen) atoms. The molecule has 1 aromatic carbocycles. The number of rotatable bonds is 3. The highest BCUT2D eigenvalue weighted by Gasteiger charge is 2.15. The van der Waals surface area contributed by atoms with Gasteiger partial charge < -0.3 is 10.6 Å². The van der Waals surface area contributed by atoms with E-state index in [2.05, 4.69) is 51.7 Å². The van der Waals surface area contributed by atoms with E-state index in [1.54, 1.807) is 0 Å². The minimum absolute atomic E-state index is 0.805. The lowest BCUT2D eigenvalue weighted by atomic mass is 10.0. The molecule has 1 aliphatic heterocycles. The van der Waals surface area contributed by atoms with Crippen molar-refractivity contribution in [2.24, 2.45) is 5.92 Å². The molecule has 1 heterocycles. The maximum absolute atomic E-state index is 3.50. The largest absolute Gasteiger partial charge is 0.385 e. The Kier molecular flexibility index (Phi) is 3.08. The maximum Gasteiger partial charge on any atom is 0.0343 e.